The maximum atomic E-state index is 9.64. The predicted molar refractivity (Wildman–Crippen MR) is 140 cm³/mol. The zero-order valence-electron chi connectivity index (χ0n) is 23.0. The lowest BCUT2D eigenvalue weighted by atomic mass is 9.37. The van der Waals surface area contributed by atoms with Gasteiger partial charge in [-0.3, -0.25) is 0 Å². The van der Waals surface area contributed by atoms with Gasteiger partial charge in [-0.15, -0.1) is 0 Å². The van der Waals surface area contributed by atoms with Gasteiger partial charge in [0.05, 0.1) is 0 Å². The molecule has 5 aliphatic carbocycles. The molecule has 1 N–H and O–H groups in total. The third-order valence-electron chi connectivity index (χ3n) is 13.4. The molecule has 0 amide bonds. The summed E-state index contributed by atoms with van der Waals surface area (Å²) in [6.07, 6.45) is 18.9. The van der Waals surface area contributed by atoms with E-state index in [0.29, 0.717) is 22.9 Å². The van der Waals surface area contributed by atoms with Gasteiger partial charge in [0.15, 0.2) is 0 Å². The molecule has 0 aromatic heterocycles. The second kappa shape index (κ2) is 8.81. The number of rotatable bonds is 7. The molecule has 1 heteroatoms. The first kappa shape index (κ1) is 24.6. The van der Waals surface area contributed by atoms with Gasteiger partial charge in [0, 0.05) is 6.61 Å². The van der Waals surface area contributed by atoms with Crippen LogP contribution in [0.25, 0.3) is 0 Å². The maximum absolute atomic E-state index is 9.64. The summed E-state index contributed by atoms with van der Waals surface area (Å²) in [6.45, 7) is 15.8. The fraction of sp³-hybridized carbons (Fsp3) is 1.00. The highest BCUT2D eigenvalue weighted by Gasteiger charge is 2.64. The number of hydrogen-bond donors (Lipinski definition) is 1. The Kier molecular flexibility index (Phi) is 6.58. The molecular formula is C32H56O. The van der Waals surface area contributed by atoms with Crippen LogP contribution in [0.4, 0.5) is 0 Å². The summed E-state index contributed by atoms with van der Waals surface area (Å²) in [5, 5.41) is 9.64. The average molecular weight is 457 g/mol. The number of aliphatic hydroxyl groups is 1. The van der Waals surface area contributed by atoms with Crippen LogP contribution in [0.5, 0.6) is 0 Å². The van der Waals surface area contributed by atoms with Crippen molar-refractivity contribution >= 4 is 0 Å². The second-order valence-electron chi connectivity index (χ2n) is 15.3. The highest BCUT2D eigenvalue weighted by Crippen LogP contribution is 2.72. The highest BCUT2D eigenvalue weighted by atomic mass is 16.3. The first-order valence-electron chi connectivity index (χ1n) is 15.2. The Bertz CT molecular complexity index is 699. The van der Waals surface area contributed by atoms with Gasteiger partial charge in [0.25, 0.3) is 0 Å². The topological polar surface area (TPSA) is 20.2 Å². The summed E-state index contributed by atoms with van der Waals surface area (Å²) in [5.41, 5.74) is 1.70. The molecule has 5 saturated carbocycles. The molecular weight excluding hydrogens is 400 g/mol. The lowest BCUT2D eigenvalue weighted by molar-refractivity contribution is -0.184. The van der Waals surface area contributed by atoms with Crippen LogP contribution < -0.4 is 0 Å². The average Bonchev–Trinajstić information content (AvgIpc) is 3.10. The first-order chi connectivity index (χ1) is 15.6. The maximum Gasteiger partial charge on any atom is 0.0436 e. The quantitative estimate of drug-likeness (QED) is 0.406. The van der Waals surface area contributed by atoms with Crippen molar-refractivity contribution in [2.75, 3.05) is 6.61 Å². The van der Waals surface area contributed by atoms with E-state index in [9.17, 15) is 5.11 Å². The molecule has 0 heterocycles. The molecule has 190 valence electrons. The molecule has 0 aromatic rings. The number of hydrogen-bond acceptors (Lipinski definition) is 1. The van der Waals surface area contributed by atoms with Crippen molar-refractivity contribution in [1.82, 2.24) is 0 Å². The summed E-state index contributed by atoms with van der Waals surface area (Å²) in [7, 11) is 0. The standard InChI is InChI=1S/C32H56O/c1-21(2)8-7-9-22(3)26-12-13-27-25-11-10-24-18-29-23(19-30(29,4)16-17-33)20-32(24,6)28(25)14-15-31(26,27)5/h21-29,33H,7-20H2,1-6H3/t22-,23?,24+,25+,26-,27+,28+,29?,30?,31-,32+/m1/s1. The van der Waals surface area contributed by atoms with E-state index in [-0.39, 0.29) is 0 Å². The third kappa shape index (κ3) is 3.88. The molecule has 0 bridgehead atoms. The first-order valence-corrected chi connectivity index (χ1v) is 15.2. The van der Waals surface area contributed by atoms with Crippen LogP contribution in [0.3, 0.4) is 0 Å². The minimum absolute atomic E-state index is 0.393. The van der Waals surface area contributed by atoms with Crippen LogP contribution in [-0.4, -0.2) is 11.7 Å². The van der Waals surface area contributed by atoms with Crippen molar-refractivity contribution in [1.29, 1.82) is 0 Å². The third-order valence-corrected chi connectivity index (χ3v) is 13.4. The molecule has 5 fully saturated rings. The van der Waals surface area contributed by atoms with Gasteiger partial charge in [0.1, 0.15) is 0 Å². The summed E-state index contributed by atoms with van der Waals surface area (Å²) in [6, 6.07) is 0. The molecule has 5 aliphatic rings. The Hall–Kier alpha value is -0.0400. The van der Waals surface area contributed by atoms with Crippen LogP contribution in [0, 0.1) is 69.5 Å². The Morgan fingerprint density at radius 1 is 0.818 bits per heavy atom. The van der Waals surface area contributed by atoms with Crippen LogP contribution in [0.2, 0.25) is 0 Å². The van der Waals surface area contributed by atoms with E-state index < -0.39 is 0 Å². The molecule has 0 radical (unpaired) electrons. The van der Waals surface area contributed by atoms with E-state index in [1.165, 1.54) is 77.0 Å². The summed E-state index contributed by atoms with van der Waals surface area (Å²) in [4.78, 5) is 0. The van der Waals surface area contributed by atoms with E-state index in [2.05, 4.69) is 41.5 Å². The lowest BCUT2D eigenvalue weighted by Gasteiger charge is -2.67. The normalized spacial score (nSPS) is 51.8. The van der Waals surface area contributed by atoms with Crippen LogP contribution >= 0.6 is 0 Å². The second-order valence-corrected chi connectivity index (χ2v) is 15.3. The number of fused-ring (bicyclic) bond motifs is 6. The molecule has 1 nitrogen and oxygen atoms in total. The molecule has 0 saturated heterocycles. The summed E-state index contributed by atoms with van der Waals surface area (Å²) < 4.78 is 0. The van der Waals surface area contributed by atoms with Gasteiger partial charge in [-0.25, -0.2) is 0 Å². The van der Waals surface area contributed by atoms with E-state index in [0.717, 1.165) is 59.7 Å². The van der Waals surface area contributed by atoms with Crippen LogP contribution in [-0.2, 0) is 0 Å². The van der Waals surface area contributed by atoms with Gasteiger partial charge < -0.3 is 5.11 Å². The van der Waals surface area contributed by atoms with E-state index in [1.807, 2.05) is 0 Å². The Labute approximate surface area is 206 Å². The molecule has 0 aromatic carbocycles. The van der Waals surface area contributed by atoms with Crippen molar-refractivity contribution in [3.8, 4) is 0 Å². The minimum atomic E-state index is 0.393. The molecule has 33 heavy (non-hydrogen) atoms. The summed E-state index contributed by atoms with van der Waals surface area (Å²) >= 11 is 0. The van der Waals surface area contributed by atoms with E-state index in [4.69, 9.17) is 0 Å². The van der Waals surface area contributed by atoms with Crippen molar-refractivity contribution < 1.29 is 5.11 Å². The predicted octanol–water partition coefficient (Wildman–Crippen LogP) is 8.74. The summed E-state index contributed by atoms with van der Waals surface area (Å²) in [5.74, 6) is 8.68. The van der Waals surface area contributed by atoms with Crippen LogP contribution in [0.15, 0.2) is 0 Å². The zero-order chi connectivity index (χ0) is 23.6. The van der Waals surface area contributed by atoms with Gasteiger partial charge in [0.2, 0.25) is 0 Å². The lowest BCUT2D eigenvalue weighted by Crippen LogP contribution is -2.60. The Morgan fingerprint density at radius 3 is 2.30 bits per heavy atom. The number of aliphatic hydroxyl groups excluding tert-OH is 1. The molecule has 0 spiro atoms. The molecule has 11 atom stereocenters. The van der Waals surface area contributed by atoms with Gasteiger partial charge in [-0.2, -0.15) is 0 Å². The largest absolute Gasteiger partial charge is 0.396 e. The van der Waals surface area contributed by atoms with Gasteiger partial charge >= 0.3 is 0 Å². The van der Waals surface area contributed by atoms with Crippen molar-refractivity contribution in [2.24, 2.45) is 69.5 Å². The van der Waals surface area contributed by atoms with Gasteiger partial charge in [-0.1, -0.05) is 60.8 Å². The molecule has 3 unspecified atom stereocenters. The fourth-order valence-electron chi connectivity index (χ4n) is 11.7. The minimum Gasteiger partial charge on any atom is -0.396 e. The molecule has 5 rings (SSSR count). The van der Waals surface area contributed by atoms with Crippen molar-refractivity contribution in [3.05, 3.63) is 0 Å². The monoisotopic (exact) mass is 456 g/mol. The van der Waals surface area contributed by atoms with Gasteiger partial charge in [-0.05, 0) is 134 Å². The van der Waals surface area contributed by atoms with Crippen molar-refractivity contribution in [2.45, 2.75) is 125 Å². The van der Waals surface area contributed by atoms with Crippen LogP contribution in [0.1, 0.15) is 125 Å². The molecule has 0 aliphatic heterocycles. The van der Waals surface area contributed by atoms with E-state index >= 15 is 0 Å². The Balaban J connectivity index is 1.28. The Morgan fingerprint density at radius 2 is 1.58 bits per heavy atom. The SMILES string of the molecule is CC(C)CCC[C@@H](C)[C@H]1CC[C@H]2[C@@H]3CC[C@H]4CC5C(CC5(C)CCO)C[C@]4(C)[C@H]3CC[C@]12C. The van der Waals surface area contributed by atoms with E-state index in [1.54, 1.807) is 0 Å². The van der Waals surface area contributed by atoms with Crippen molar-refractivity contribution in [3.63, 3.8) is 0 Å². The zero-order valence-corrected chi connectivity index (χ0v) is 23.0. The fourth-order valence-corrected chi connectivity index (χ4v) is 11.7. The smallest absolute Gasteiger partial charge is 0.0436 e. The highest BCUT2D eigenvalue weighted by molar-refractivity contribution is 5.13.